The second-order valence-corrected chi connectivity index (χ2v) is 6.27. The van der Waals surface area contributed by atoms with Crippen molar-refractivity contribution in [3.05, 3.63) is 0 Å². The highest BCUT2D eigenvalue weighted by Gasteiger charge is 2.48. The van der Waals surface area contributed by atoms with E-state index < -0.39 is 0 Å². The fourth-order valence-electron chi connectivity index (χ4n) is 3.45. The Kier molecular flexibility index (Phi) is 2.66. The topological polar surface area (TPSA) is 37.3 Å². The van der Waals surface area contributed by atoms with E-state index in [9.17, 15) is 9.90 Å². The molecule has 0 aromatic carbocycles. The number of ketones is 1. The Labute approximate surface area is 92.1 Å². The van der Waals surface area contributed by atoms with Gasteiger partial charge in [-0.3, -0.25) is 4.79 Å². The Balaban J connectivity index is 2.10. The molecule has 0 bridgehead atoms. The van der Waals surface area contributed by atoms with Crippen molar-refractivity contribution in [2.45, 2.75) is 52.6 Å². The van der Waals surface area contributed by atoms with E-state index in [0.29, 0.717) is 17.6 Å². The van der Waals surface area contributed by atoms with Gasteiger partial charge in [0.1, 0.15) is 5.78 Å². The molecule has 1 N–H and O–H groups in total. The van der Waals surface area contributed by atoms with Gasteiger partial charge in [0.2, 0.25) is 0 Å². The fourth-order valence-corrected chi connectivity index (χ4v) is 3.45. The summed E-state index contributed by atoms with van der Waals surface area (Å²) < 4.78 is 0. The standard InChI is InChI=1S/C13H22O2/c1-13(2,3)12(15)10-5-4-9-8(10)6-7-11(9)14/h8-11,14H,4-7H2,1-3H3/t8-,9-,10+,11-/m1/s1. The molecule has 15 heavy (non-hydrogen) atoms. The van der Waals surface area contributed by atoms with Crippen molar-refractivity contribution < 1.29 is 9.90 Å². The Morgan fingerprint density at radius 1 is 1.07 bits per heavy atom. The lowest BCUT2D eigenvalue weighted by molar-refractivity contribution is -0.131. The molecule has 0 aromatic heterocycles. The predicted octanol–water partition coefficient (Wildman–Crippen LogP) is 2.40. The number of rotatable bonds is 1. The van der Waals surface area contributed by atoms with E-state index in [1.165, 1.54) is 0 Å². The SMILES string of the molecule is CC(C)(C)C(=O)[C@H]1CC[C@@H]2[C@H]1CC[C@H]2O. The average Bonchev–Trinajstić information content (AvgIpc) is 2.66. The first kappa shape index (κ1) is 11.1. The molecule has 2 aliphatic rings. The van der Waals surface area contributed by atoms with Crippen LogP contribution in [0.15, 0.2) is 0 Å². The van der Waals surface area contributed by atoms with Gasteiger partial charge >= 0.3 is 0 Å². The molecule has 0 aliphatic heterocycles. The Hall–Kier alpha value is -0.370. The van der Waals surface area contributed by atoms with E-state index >= 15 is 0 Å². The van der Waals surface area contributed by atoms with Crippen LogP contribution in [0.2, 0.25) is 0 Å². The largest absolute Gasteiger partial charge is 0.393 e. The van der Waals surface area contributed by atoms with Crippen LogP contribution in [0.4, 0.5) is 0 Å². The number of hydrogen-bond donors (Lipinski definition) is 1. The first-order valence-electron chi connectivity index (χ1n) is 6.13. The van der Waals surface area contributed by atoms with Gasteiger partial charge in [0.25, 0.3) is 0 Å². The highest BCUT2D eigenvalue weighted by molar-refractivity contribution is 5.86. The number of aliphatic hydroxyl groups excluding tert-OH is 1. The highest BCUT2D eigenvalue weighted by atomic mass is 16.3. The minimum Gasteiger partial charge on any atom is -0.393 e. The summed E-state index contributed by atoms with van der Waals surface area (Å²) in [6.07, 6.45) is 3.88. The highest BCUT2D eigenvalue weighted by Crippen LogP contribution is 2.49. The molecule has 2 fully saturated rings. The summed E-state index contributed by atoms with van der Waals surface area (Å²) in [5.41, 5.74) is -0.215. The average molecular weight is 210 g/mol. The number of fused-ring (bicyclic) bond motifs is 1. The molecule has 0 heterocycles. The van der Waals surface area contributed by atoms with Crippen LogP contribution in [-0.4, -0.2) is 17.0 Å². The zero-order chi connectivity index (χ0) is 11.2. The number of carbonyl (C=O) groups is 1. The third-order valence-electron chi connectivity index (χ3n) is 4.24. The van der Waals surface area contributed by atoms with Gasteiger partial charge in [-0.25, -0.2) is 0 Å². The van der Waals surface area contributed by atoms with Crippen LogP contribution in [0, 0.1) is 23.2 Å². The van der Waals surface area contributed by atoms with Crippen molar-refractivity contribution in [3.8, 4) is 0 Å². The molecule has 2 rings (SSSR count). The molecular weight excluding hydrogens is 188 g/mol. The molecule has 0 radical (unpaired) electrons. The lowest BCUT2D eigenvalue weighted by Gasteiger charge is -2.25. The van der Waals surface area contributed by atoms with Gasteiger partial charge in [0.15, 0.2) is 0 Å². The maximum atomic E-state index is 12.2. The van der Waals surface area contributed by atoms with Crippen molar-refractivity contribution in [1.82, 2.24) is 0 Å². The van der Waals surface area contributed by atoms with Gasteiger partial charge in [-0.2, -0.15) is 0 Å². The second-order valence-electron chi connectivity index (χ2n) is 6.27. The Morgan fingerprint density at radius 2 is 1.67 bits per heavy atom. The maximum absolute atomic E-state index is 12.2. The van der Waals surface area contributed by atoms with Crippen LogP contribution >= 0.6 is 0 Å². The van der Waals surface area contributed by atoms with Gasteiger partial charge in [-0.15, -0.1) is 0 Å². The van der Waals surface area contributed by atoms with Crippen LogP contribution in [0.5, 0.6) is 0 Å². The minimum atomic E-state index is -0.215. The lowest BCUT2D eigenvalue weighted by Crippen LogP contribution is -2.31. The number of aliphatic hydroxyl groups is 1. The molecule has 0 saturated heterocycles. The zero-order valence-electron chi connectivity index (χ0n) is 9.99. The molecule has 2 aliphatic carbocycles. The molecule has 0 spiro atoms. The third kappa shape index (κ3) is 1.84. The molecule has 2 heteroatoms. The van der Waals surface area contributed by atoms with Gasteiger partial charge in [-0.05, 0) is 37.5 Å². The Bertz CT molecular complexity index is 264. The molecular formula is C13H22O2. The monoisotopic (exact) mass is 210 g/mol. The quantitative estimate of drug-likeness (QED) is 0.721. The smallest absolute Gasteiger partial charge is 0.141 e. The lowest BCUT2D eigenvalue weighted by atomic mass is 9.77. The van der Waals surface area contributed by atoms with Crippen LogP contribution in [0.25, 0.3) is 0 Å². The van der Waals surface area contributed by atoms with Gasteiger partial charge < -0.3 is 5.11 Å². The number of carbonyl (C=O) groups excluding carboxylic acids is 1. The van der Waals surface area contributed by atoms with E-state index in [-0.39, 0.29) is 17.4 Å². The molecule has 0 aromatic rings. The molecule has 2 nitrogen and oxygen atoms in total. The number of hydrogen-bond acceptors (Lipinski definition) is 2. The summed E-state index contributed by atoms with van der Waals surface area (Å²) in [6.45, 7) is 6.02. The van der Waals surface area contributed by atoms with Crippen LogP contribution in [0.3, 0.4) is 0 Å². The van der Waals surface area contributed by atoms with Crippen LogP contribution in [-0.2, 0) is 4.79 Å². The van der Waals surface area contributed by atoms with Gasteiger partial charge in [0.05, 0.1) is 6.10 Å². The van der Waals surface area contributed by atoms with Crippen molar-refractivity contribution >= 4 is 5.78 Å². The van der Waals surface area contributed by atoms with Crippen molar-refractivity contribution in [1.29, 1.82) is 0 Å². The van der Waals surface area contributed by atoms with Gasteiger partial charge in [-0.1, -0.05) is 20.8 Å². The van der Waals surface area contributed by atoms with E-state index in [0.717, 1.165) is 25.7 Å². The fraction of sp³-hybridized carbons (Fsp3) is 0.923. The third-order valence-corrected chi connectivity index (χ3v) is 4.24. The van der Waals surface area contributed by atoms with Crippen molar-refractivity contribution in [2.24, 2.45) is 23.2 Å². The summed E-state index contributed by atoms with van der Waals surface area (Å²) in [6, 6.07) is 0. The van der Waals surface area contributed by atoms with Crippen molar-refractivity contribution in [3.63, 3.8) is 0 Å². The number of Topliss-reactive ketones (excluding diaryl/α,β-unsaturated/α-hetero) is 1. The molecule has 4 atom stereocenters. The summed E-state index contributed by atoms with van der Waals surface area (Å²) in [5.74, 6) is 1.53. The minimum absolute atomic E-state index is 0.132. The van der Waals surface area contributed by atoms with E-state index in [1.54, 1.807) is 0 Å². The summed E-state index contributed by atoms with van der Waals surface area (Å²) in [5, 5.41) is 9.79. The van der Waals surface area contributed by atoms with E-state index in [4.69, 9.17) is 0 Å². The first-order valence-corrected chi connectivity index (χ1v) is 6.13. The van der Waals surface area contributed by atoms with E-state index in [1.807, 2.05) is 20.8 Å². The molecule has 86 valence electrons. The Morgan fingerprint density at radius 3 is 2.27 bits per heavy atom. The van der Waals surface area contributed by atoms with Crippen LogP contribution in [0.1, 0.15) is 46.5 Å². The second kappa shape index (κ2) is 3.58. The van der Waals surface area contributed by atoms with Crippen LogP contribution < -0.4 is 0 Å². The zero-order valence-corrected chi connectivity index (χ0v) is 9.99. The maximum Gasteiger partial charge on any atom is 0.141 e. The molecule has 0 amide bonds. The summed E-state index contributed by atoms with van der Waals surface area (Å²) in [4.78, 5) is 12.2. The normalized spacial score (nSPS) is 40.5. The molecule has 0 unspecified atom stereocenters. The van der Waals surface area contributed by atoms with E-state index in [2.05, 4.69) is 0 Å². The predicted molar refractivity (Wildman–Crippen MR) is 59.4 cm³/mol. The van der Waals surface area contributed by atoms with Crippen molar-refractivity contribution in [2.75, 3.05) is 0 Å². The van der Waals surface area contributed by atoms with Gasteiger partial charge in [0, 0.05) is 11.3 Å². The summed E-state index contributed by atoms with van der Waals surface area (Å²) >= 11 is 0. The first-order chi connectivity index (χ1) is 6.91. The molecule has 2 saturated carbocycles. The summed E-state index contributed by atoms with van der Waals surface area (Å²) in [7, 11) is 0.